The summed E-state index contributed by atoms with van der Waals surface area (Å²) in [5, 5.41) is 30.3. The highest BCUT2D eigenvalue weighted by atomic mass is 32.3. The molecule has 1 saturated heterocycles. The monoisotopic (exact) mass is 778 g/mol. The van der Waals surface area contributed by atoms with Gasteiger partial charge in [0, 0.05) is 13.0 Å². The van der Waals surface area contributed by atoms with E-state index in [-0.39, 0.29) is 19.6 Å². The molecule has 1 rings (SSSR count). The molecule has 1 fully saturated rings. The molecule has 0 aromatic carbocycles. The van der Waals surface area contributed by atoms with Crippen molar-refractivity contribution in [3.8, 4) is 0 Å². The van der Waals surface area contributed by atoms with Gasteiger partial charge in [0.25, 0.3) is 0 Å². The number of hydrogen-bond donors (Lipinski definition) is 4. The van der Waals surface area contributed by atoms with Crippen molar-refractivity contribution in [1.29, 1.82) is 0 Å². The Bertz CT molecular complexity index is 1040. The fraction of sp³-hybridized carbons (Fsp3) is 0.875. The zero-order valence-corrected chi connectivity index (χ0v) is 33.6. The molecular formula is C40H74O12S. The number of carbonyl (C=O) groups is 1. The van der Waals surface area contributed by atoms with Crippen molar-refractivity contribution in [3.05, 3.63) is 24.3 Å². The Morgan fingerprint density at radius 1 is 0.717 bits per heavy atom. The summed E-state index contributed by atoms with van der Waals surface area (Å²) >= 11 is 0. The van der Waals surface area contributed by atoms with Crippen LogP contribution in [0.3, 0.4) is 0 Å². The van der Waals surface area contributed by atoms with Crippen LogP contribution in [-0.2, 0) is 38.3 Å². The number of unbranched alkanes of at least 4 members (excludes halogenated alkanes) is 18. The molecule has 0 aliphatic carbocycles. The van der Waals surface area contributed by atoms with Crippen molar-refractivity contribution in [2.75, 3.05) is 26.4 Å². The Labute approximate surface area is 321 Å². The molecule has 0 saturated carbocycles. The van der Waals surface area contributed by atoms with E-state index in [2.05, 4.69) is 35.4 Å². The molecule has 12 nitrogen and oxygen atoms in total. The molecule has 312 valence electrons. The zero-order valence-electron chi connectivity index (χ0n) is 32.8. The minimum Gasteiger partial charge on any atom is -0.457 e. The van der Waals surface area contributed by atoms with E-state index < -0.39 is 59.8 Å². The van der Waals surface area contributed by atoms with E-state index in [0.717, 1.165) is 32.1 Å². The molecule has 1 heterocycles. The Hall–Kier alpha value is -1.42. The Morgan fingerprint density at radius 2 is 1.25 bits per heavy atom. The van der Waals surface area contributed by atoms with Crippen LogP contribution in [0.1, 0.15) is 162 Å². The van der Waals surface area contributed by atoms with Crippen LogP contribution in [0.4, 0.5) is 0 Å². The number of esters is 1. The van der Waals surface area contributed by atoms with Crippen LogP contribution >= 0.6 is 0 Å². The second-order valence-corrected chi connectivity index (χ2v) is 15.3. The third-order valence-electron chi connectivity index (χ3n) is 9.33. The summed E-state index contributed by atoms with van der Waals surface area (Å²) < 4.78 is 58.2. The standard InChI is InChI=1S/C40H74O12S/c1-3-5-7-8-9-10-11-12-13-14-15-16-17-18-19-20-21-22-23-24-25-26-27-28-30-48-32-34(50-36(42)29-6-4-2)33-49-40-38(44)39(52-53(45,46)47)37(43)35(31-41)51-40/h11-12,14-15,34-35,37-41,43-44H,3-10,13,16-33H2,1-2H3,(H,45,46,47)/b12-11-,15-14-. The van der Waals surface area contributed by atoms with Crippen molar-refractivity contribution >= 4 is 16.4 Å². The molecule has 1 aliphatic heterocycles. The third-order valence-corrected chi connectivity index (χ3v) is 9.79. The molecule has 0 bridgehead atoms. The van der Waals surface area contributed by atoms with Crippen LogP contribution in [0.2, 0.25) is 0 Å². The van der Waals surface area contributed by atoms with Gasteiger partial charge in [0.1, 0.15) is 30.5 Å². The minimum absolute atomic E-state index is 0.0331. The first kappa shape index (κ1) is 49.6. The lowest BCUT2D eigenvalue weighted by molar-refractivity contribution is -0.301. The molecular weight excluding hydrogens is 704 g/mol. The summed E-state index contributed by atoms with van der Waals surface area (Å²) in [6, 6.07) is 0. The van der Waals surface area contributed by atoms with Gasteiger partial charge < -0.3 is 34.3 Å². The Balaban J connectivity index is 2.16. The van der Waals surface area contributed by atoms with Gasteiger partial charge in [0.2, 0.25) is 0 Å². The van der Waals surface area contributed by atoms with Crippen LogP contribution in [-0.4, -0.2) is 97.5 Å². The number of aliphatic hydroxyl groups excluding tert-OH is 3. The van der Waals surface area contributed by atoms with Crippen LogP contribution in [0, 0.1) is 0 Å². The molecule has 6 atom stereocenters. The van der Waals surface area contributed by atoms with E-state index in [1.807, 2.05) is 6.92 Å². The lowest BCUT2D eigenvalue weighted by Crippen LogP contribution is -2.60. The van der Waals surface area contributed by atoms with Gasteiger partial charge in [-0.05, 0) is 44.9 Å². The van der Waals surface area contributed by atoms with E-state index in [1.54, 1.807) is 0 Å². The fourth-order valence-electron chi connectivity index (χ4n) is 6.15. The van der Waals surface area contributed by atoms with Gasteiger partial charge in [0.05, 0.1) is 19.8 Å². The molecule has 0 radical (unpaired) electrons. The van der Waals surface area contributed by atoms with Gasteiger partial charge in [-0.2, -0.15) is 8.42 Å². The maximum atomic E-state index is 12.3. The normalized spacial score (nSPS) is 21.5. The zero-order chi connectivity index (χ0) is 39.0. The highest BCUT2D eigenvalue weighted by Gasteiger charge is 2.48. The molecule has 53 heavy (non-hydrogen) atoms. The Morgan fingerprint density at radius 3 is 1.77 bits per heavy atom. The molecule has 6 unspecified atom stereocenters. The highest BCUT2D eigenvalue weighted by Crippen LogP contribution is 2.26. The average Bonchev–Trinajstić information content (AvgIpc) is 3.13. The van der Waals surface area contributed by atoms with E-state index in [4.69, 9.17) is 23.5 Å². The summed E-state index contributed by atoms with van der Waals surface area (Å²) in [5.74, 6) is -0.435. The van der Waals surface area contributed by atoms with Gasteiger partial charge >= 0.3 is 16.4 Å². The molecule has 0 aromatic rings. The molecule has 1 aliphatic rings. The molecule has 0 aromatic heterocycles. The maximum absolute atomic E-state index is 12.3. The summed E-state index contributed by atoms with van der Waals surface area (Å²) in [6.45, 7) is 3.70. The summed E-state index contributed by atoms with van der Waals surface area (Å²) in [4.78, 5) is 12.3. The smallest absolute Gasteiger partial charge is 0.397 e. The highest BCUT2D eigenvalue weighted by molar-refractivity contribution is 7.80. The predicted molar refractivity (Wildman–Crippen MR) is 207 cm³/mol. The first-order valence-electron chi connectivity index (χ1n) is 20.6. The van der Waals surface area contributed by atoms with Crippen molar-refractivity contribution in [3.63, 3.8) is 0 Å². The second kappa shape index (κ2) is 32.8. The molecule has 4 N–H and O–H groups in total. The summed E-state index contributed by atoms with van der Waals surface area (Å²) in [7, 11) is -5.05. The number of hydrogen-bond acceptors (Lipinski definition) is 11. The predicted octanol–water partition coefficient (Wildman–Crippen LogP) is 7.68. The summed E-state index contributed by atoms with van der Waals surface area (Å²) in [5.41, 5.74) is 0. The lowest BCUT2D eigenvalue weighted by Gasteiger charge is -2.41. The van der Waals surface area contributed by atoms with Crippen LogP contribution in [0.5, 0.6) is 0 Å². The van der Waals surface area contributed by atoms with Crippen molar-refractivity contribution in [2.24, 2.45) is 0 Å². The van der Waals surface area contributed by atoms with Crippen LogP contribution in [0.15, 0.2) is 24.3 Å². The van der Waals surface area contributed by atoms with Crippen LogP contribution < -0.4 is 0 Å². The Kier molecular flexibility index (Phi) is 30.7. The topological polar surface area (TPSA) is 178 Å². The number of ether oxygens (including phenoxy) is 4. The van der Waals surface area contributed by atoms with Crippen molar-refractivity contribution in [1.82, 2.24) is 0 Å². The SMILES string of the molecule is CCCCCCC/C=C\C/C=C\CCCCCCCCCCCCCCOCC(COC1OC(CO)C(O)C(OS(=O)(=O)O)C1O)OC(=O)CCCC. The van der Waals surface area contributed by atoms with Gasteiger partial charge in [-0.15, -0.1) is 0 Å². The molecule has 13 heteroatoms. The number of rotatable bonds is 35. The van der Waals surface area contributed by atoms with Crippen molar-refractivity contribution < 1.29 is 56.2 Å². The van der Waals surface area contributed by atoms with Gasteiger partial charge in [-0.25, -0.2) is 4.18 Å². The van der Waals surface area contributed by atoms with E-state index >= 15 is 0 Å². The van der Waals surface area contributed by atoms with Crippen molar-refractivity contribution in [2.45, 2.75) is 198 Å². The lowest BCUT2D eigenvalue weighted by atomic mass is 9.99. The number of carbonyl (C=O) groups excluding carboxylic acids is 1. The first-order valence-corrected chi connectivity index (χ1v) is 22.0. The fourth-order valence-corrected chi connectivity index (χ4v) is 6.66. The number of aliphatic hydroxyl groups is 3. The van der Waals surface area contributed by atoms with E-state index in [0.29, 0.717) is 13.0 Å². The van der Waals surface area contributed by atoms with E-state index in [1.165, 1.54) is 103 Å². The minimum atomic E-state index is -5.05. The van der Waals surface area contributed by atoms with Gasteiger partial charge in [-0.3, -0.25) is 9.35 Å². The number of allylic oxidation sites excluding steroid dienone is 4. The van der Waals surface area contributed by atoms with Gasteiger partial charge in [0.15, 0.2) is 6.29 Å². The third kappa shape index (κ3) is 26.9. The molecule has 0 amide bonds. The van der Waals surface area contributed by atoms with Gasteiger partial charge in [-0.1, -0.05) is 134 Å². The van der Waals surface area contributed by atoms with Crippen LogP contribution in [0.25, 0.3) is 0 Å². The quantitative estimate of drug-likeness (QED) is 0.0214. The second-order valence-electron chi connectivity index (χ2n) is 14.2. The summed E-state index contributed by atoms with van der Waals surface area (Å²) in [6.07, 6.45) is 26.5. The largest absolute Gasteiger partial charge is 0.457 e. The first-order chi connectivity index (χ1) is 25.6. The average molecular weight is 779 g/mol. The maximum Gasteiger partial charge on any atom is 0.397 e. The van der Waals surface area contributed by atoms with E-state index in [9.17, 15) is 28.5 Å². The molecule has 0 spiro atoms.